The maximum Gasteiger partial charge on any atom is 0.238 e. The van der Waals surface area contributed by atoms with Crippen molar-refractivity contribution in [3.8, 4) is 5.75 Å². The summed E-state index contributed by atoms with van der Waals surface area (Å²) in [5.41, 5.74) is 5.64. The van der Waals surface area contributed by atoms with Gasteiger partial charge in [0.1, 0.15) is 5.75 Å². The molecule has 6 nitrogen and oxygen atoms in total. The number of nitrogens with two attached hydrogens (primary N) is 2. The summed E-state index contributed by atoms with van der Waals surface area (Å²) in [5.74, 6) is 0.417. The molecule has 1 rings (SSSR count). The second-order valence-corrected chi connectivity index (χ2v) is 4.90. The quantitative estimate of drug-likeness (QED) is 0.661. The summed E-state index contributed by atoms with van der Waals surface area (Å²) in [7, 11) is -2.32. The Kier molecular flexibility index (Phi) is 3.68. The summed E-state index contributed by atoms with van der Waals surface area (Å²) in [6, 6.07) is 4.09. The second-order valence-electron chi connectivity index (χ2n) is 2.90. The summed E-state index contributed by atoms with van der Waals surface area (Å²) >= 11 is 4.65. The average Bonchev–Trinajstić information content (AvgIpc) is 2.15. The van der Waals surface area contributed by atoms with Crippen molar-refractivity contribution >= 4 is 33.0 Å². The summed E-state index contributed by atoms with van der Waals surface area (Å²) in [5, 5.41) is 7.59. The largest absolute Gasteiger partial charge is 0.495 e. The molecule has 0 aliphatic carbocycles. The lowest BCUT2D eigenvalue weighted by Crippen LogP contribution is -2.20. The highest BCUT2D eigenvalue weighted by Crippen LogP contribution is 2.26. The van der Waals surface area contributed by atoms with Crippen LogP contribution in [-0.2, 0) is 10.0 Å². The van der Waals surface area contributed by atoms with Crippen molar-refractivity contribution in [1.82, 2.24) is 0 Å². The van der Waals surface area contributed by atoms with Gasteiger partial charge in [0.2, 0.25) is 10.0 Å². The van der Waals surface area contributed by atoms with Crippen LogP contribution in [-0.4, -0.2) is 20.6 Å². The fraction of sp³-hybridized carbons (Fsp3) is 0.125. The van der Waals surface area contributed by atoms with Crippen LogP contribution >= 0.6 is 12.2 Å². The molecular formula is C8H11N3O3S2. The van der Waals surface area contributed by atoms with E-state index in [-0.39, 0.29) is 10.0 Å². The maximum atomic E-state index is 11.1. The smallest absolute Gasteiger partial charge is 0.238 e. The van der Waals surface area contributed by atoms with Gasteiger partial charge in [-0.25, -0.2) is 13.6 Å². The van der Waals surface area contributed by atoms with Gasteiger partial charge in [-0.3, -0.25) is 0 Å². The van der Waals surface area contributed by atoms with Crippen molar-refractivity contribution in [2.24, 2.45) is 10.9 Å². The van der Waals surface area contributed by atoms with Crippen molar-refractivity contribution in [3.63, 3.8) is 0 Å². The van der Waals surface area contributed by atoms with Gasteiger partial charge in [0.15, 0.2) is 5.11 Å². The first kappa shape index (κ1) is 12.7. The highest BCUT2D eigenvalue weighted by molar-refractivity contribution is 7.89. The third-order valence-electron chi connectivity index (χ3n) is 1.76. The average molecular weight is 261 g/mol. The van der Waals surface area contributed by atoms with Crippen LogP contribution in [0.3, 0.4) is 0 Å². The van der Waals surface area contributed by atoms with Crippen molar-refractivity contribution < 1.29 is 13.2 Å². The zero-order chi connectivity index (χ0) is 12.3. The number of thiocarbonyl (C=S) groups is 1. The Bertz CT molecular complexity index is 513. The molecule has 0 aliphatic rings. The minimum Gasteiger partial charge on any atom is -0.495 e. The Morgan fingerprint density at radius 1 is 1.50 bits per heavy atom. The monoisotopic (exact) mass is 261 g/mol. The van der Waals surface area contributed by atoms with Crippen molar-refractivity contribution in [2.45, 2.75) is 4.90 Å². The molecule has 0 saturated heterocycles. The van der Waals surface area contributed by atoms with Gasteiger partial charge in [0.05, 0.1) is 17.7 Å². The molecule has 0 atom stereocenters. The van der Waals surface area contributed by atoms with E-state index in [0.29, 0.717) is 11.4 Å². The Morgan fingerprint density at radius 3 is 2.56 bits per heavy atom. The van der Waals surface area contributed by atoms with Crippen LogP contribution in [0.2, 0.25) is 0 Å². The summed E-state index contributed by atoms with van der Waals surface area (Å²) < 4.78 is 27.2. The number of ether oxygens (including phenoxy) is 1. The molecule has 0 aromatic heterocycles. The topological polar surface area (TPSA) is 107 Å². The van der Waals surface area contributed by atoms with Gasteiger partial charge < -0.3 is 15.8 Å². The number of hydrogen-bond donors (Lipinski definition) is 3. The van der Waals surface area contributed by atoms with Gasteiger partial charge in [-0.1, -0.05) is 0 Å². The van der Waals surface area contributed by atoms with Crippen molar-refractivity contribution in [1.29, 1.82) is 0 Å². The summed E-state index contributed by atoms with van der Waals surface area (Å²) in [4.78, 5) is -0.0490. The standard InChI is InChI=1S/C8H11N3O3S2/c1-14-7-3-2-5(16(10,12)13)4-6(7)11-8(9)15/h2-4H,1H3,(H3,9,11,15)(H2,10,12,13). The number of rotatable bonds is 3. The fourth-order valence-electron chi connectivity index (χ4n) is 1.09. The molecule has 0 saturated carbocycles. The fourth-order valence-corrected chi connectivity index (χ4v) is 1.74. The first-order chi connectivity index (χ1) is 7.34. The molecule has 0 radical (unpaired) electrons. The van der Waals surface area contributed by atoms with Crippen LogP contribution in [0.15, 0.2) is 23.1 Å². The lowest BCUT2D eigenvalue weighted by molar-refractivity contribution is 0.416. The molecule has 0 fully saturated rings. The van der Waals surface area contributed by atoms with E-state index in [4.69, 9.17) is 15.6 Å². The first-order valence-electron chi connectivity index (χ1n) is 4.12. The molecule has 0 heterocycles. The third kappa shape index (κ3) is 3.05. The van der Waals surface area contributed by atoms with Gasteiger partial charge in [0, 0.05) is 0 Å². The van der Waals surface area contributed by atoms with Crippen LogP contribution < -0.4 is 20.9 Å². The molecule has 8 heteroatoms. The predicted molar refractivity (Wildman–Crippen MR) is 64.8 cm³/mol. The van der Waals surface area contributed by atoms with Crippen LogP contribution in [0.25, 0.3) is 0 Å². The molecule has 0 spiro atoms. The predicted octanol–water partition coefficient (Wildman–Crippen LogP) is -0.00190. The minimum absolute atomic E-state index is 0.00451. The second kappa shape index (κ2) is 4.64. The molecule has 1 aromatic rings. The van der Waals surface area contributed by atoms with E-state index in [0.717, 1.165) is 0 Å². The summed E-state index contributed by atoms with van der Waals surface area (Å²) in [6.07, 6.45) is 0. The molecular weight excluding hydrogens is 250 g/mol. The van der Waals surface area contributed by atoms with Gasteiger partial charge in [-0.05, 0) is 30.4 Å². The Balaban J connectivity index is 3.27. The van der Waals surface area contributed by atoms with Crippen molar-refractivity contribution in [3.05, 3.63) is 18.2 Å². The van der Waals surface area contributed by atoms with E-state index in [1.54, 1.807) is 0 Å². The maximum absolute atomic E-state index is 11.1. The molecule has 0 unspecified atom stereocenters. The van der Waals surface area contributed by atoms with Gasteiger partial charge in [-0.15, -0.1) is 0 Å². The van der Waals surface area contributed by atoms with Crippen LogP contribution in [0, 0.1) is 0 Å². The molecule has 0 bridgehead atoms. The van der Waals surface area contributed by atoms with Crippen LogP contribution in [0.4, 0.5) is 5.69 Å². The van der Waals surface area contributed by atoms with Crippen molar-refractivity contribution in [2.75, 3.05) is 12.4 Å². The zero-order valence-corrected chi connectivity index (χ0v) is 10.1. The molecule has 16 heavy (non-hydrogen) atoms. The normalized spacial score (nSPS) is 10.9. The number of sulfonamides is 1. The molecule has 1 aromatic carbocycles. The number of benzene rings is 1. The molecule has 0 aliphatic heterocycles. The van der Waals surface area contributed by atoms with Crippen LogP contribution in [0.5, 0.6) is 5.75 Å². The van der Waals surface area contributed by atoms with E-state index in [1.807, 2.05) is 0 Å². The third-order valence-corrected chi connectivity index (χ3v) is 2.77. The number of methoxy groups -OCH3 is 1. The van der Waals surface area contributed by atoms with Gasteiger partial charge in [0.25, 0.3) is 0 Å². The SMILES string of the molecule is COc1ccc(S(N)(=O)=O)cc1NC(N)=S. The van der Waals surface area contributed by atoms with E-state index in [9.17, 15) is 8.42 Å². The molecule has 5 N–H and O–H groups in total. The minimum atomic E-state index is -3.77. The van der Waals surface area contributed by atoms with E-state index < -0.39 is 10.0 Å². The van der Waals surface area contributed by atoms with E-state index in [2.05, 4.69) is 17.5 Å². The number of nitrogens with one attached hydrogen (secondary N) is 1. The zero-order valence-electron chi connectivity index (χ0n) is 8.43. The lowest BCUT2D eigenvalue weighted by atomic mass is 10.3. The van der Waals surface area contributed by atoms with Gasteiger partial charge >= 0.3 is 0 Å². The molecule has 0 amide bonds. The number of anilines is 1. The highest BCUT2D eigenvalue weighted by Gasteiger charge is 2.12. The molecule has 88 valence electrons. The van der Waals surface area contributed by atoms with E-state index in [1.165, 1.54) is 25.3 Å². The highest BCUT2D eigenvalue weighted by atomic mass is 32.2. The number of hydrogen-bond acceptors (Lipinski definition) is 4. The number of primary sulfonamides is 1. The van der Waals surface area contributed by atoms with E-state index >= 15 is 0 Å². The lowest BCUT2D eigenvalue weighted by Gasteiger charge is -2.10. The Hall–Kier alpha value is -1.38. The Labute approximate surface area is 98.6 Å². The first-order valence-corrected chi connectivity index (χ1v) is 6.07. The summed E-state index contributed by atoms with van der Waals surface area (Å²) in [6.45, 7) is 0. The van der Waals surface area contributed by atoms with Gasteiger partial charge in [-0.2, -0.15) is 0 Å². The van der Waals surface area contributed by atoms with Crippen LogP contribution in [0.1, 0.15) is 0 Å². The Morgan fingerprint density at radius 2 is 2.12 bits per heavy atom.